The number of carbonyl (C=O) groups excluding carboxylic acids is 1. The van der Waals surface area contributed by atoms with Gasteiger partial charge in [0.25, 0.3) is 0 Å². The highest BCUT2D eigenvalue weighted by molar-refractivity contribution is 5.69. The first-order valence-electron chi connectivity index (χ1n) is 5.63. The summed E-state index contributed by atoms with van der Waals surface area (Å²) in [6.07, 6.45) is 6.27. The maximum absolute atomic E-state index is 10.9. The molecule has 0 unspecified atom stereocenters. The molecule has 0 aliphatic heterocycles. The highest BCUT2D eigenvalue weighted by Crippen LogP contribution is 2.12. The Morgan fingerprint density at radius 2 is 1.94 bits per heavy atom. The molecule has 0 radical (unpaired) electrons. The summed E-state index contributed by atoms with van der Waals surface area (Å²) in [7, 11) is 3.06. The Kier molecular flexibility index (Phi) is 5.86. The molecule has 0 spiro atoms. The van der Waals surface area contributed by atoms with Crippen LogP contribution in [0.5, 0.6) is 5.75 Å². The van der Waals surface area contributed by atoms with Crippen LogP contribution in [0, 0.1) is 0 Å². The first-order chi connectivity index (χ1) is 8.26. The molecule has 0 amide bonds. The van der Waals surface area contributed by atoms with E-state index < -0.39 is 0 Å². The van der Waals surface area contributed by atoms with Crippen molar-refractivity contribution in [3.63, 3.8) is 0 Å². The Hall–Kier alpha value is -1.77. The summed E-state index contributed by atoms with van der Waals surface area (Å²) >= 11 is 0. The molecule has 1 aromatic carbocycles. The van der Waals surface area contributed by atoms with Gasteiger partial charge in [-0.1, -0.05) is 24.3 Å². The molecule has 17 heavy (non-hydrogen) atoms. The molecule has 0 saturated heterocycles. The zero-order valence-electron chi connectivity index (χ0n) is 10.3. The number of carbonyl (C=O) groups is 1. The number of hydrogen-bond donors (Lipinski definition) is 0. The van der Waals surface area contributed by atoms with Gasteiger partial charge in [0, 0.05) is 6.42 Å². The molecular weight excluding hydrogens is 216 g/mol. The largest absolute Gasteiger partial charge is 0.497 e. The van der Waals surface area contributed by atoms with E-state index >= 15 is 0 Å². The fourth-order valence-corrected chi connectivity index (χ4v) is 1.40. The molecule has 92 valence electrons. The van der Waals surface area contributed by atoms with Crippen molar-refractivity contribution in [2.45, 2.75) is 19.3 Å². The number of esters is 1. The molecule has 0 aliphatic carbocycles. The minimum absolute atomic E-state index is 0.150. The van der Waals surface area contributed by atoms with Crippen LogP contribution in [0.4, 0.5) is 0 Å². The fraction of sp³-hybridized carbons (Fsp3) is 0.357. The number of unbranched alkanes of at least 4 members (excludes halogenated alkanes) is 1. The minimum Gasteiger partial charge on any atom is -0.497 e. The fourth-order valence-electron chi connectivity index (χ4n) is 1.40. The molecule has 0 atom stereocenters. The lowest BCUT2D eigenvalue weighted by Crippen LogP contribution is -1.98. The third-order valence-corrected chi connectivity index (χ3v) is 2.41. The average molecular weight is 234 g/mol. The van der Waals surface area contributed by atoms with Crippen molar-refractivity contribution < 1.29 is 14.3 Å². The third kappa shape index (κ3) is 5.20. The lowest BCUT2D eigenvalue weighted by Gasteiger charge is -1.99. The van der Waals surface area contributed by atoms with Gasteiger partial charge in [0.05, 0.1) is 14.2 Å². The second-order valence-electron chi connectivity index (χ2n) is 3.64. The van der Waals surface area contributed by atoms with Crippen molar-refractivity contribution in [2.24, 2.45) is 0 Å². The summed E-state index contributed by atoms with van der Waals surface area (Å²) in [5.74, 6) is 0.704. The van der Waals surface area contributed by atoms with E-state index in [0.717, 1.165) is 24.2 Å². The molecule has 3 heteroatoms. The molecular formula is C14H18O3. The lowest BCUT2D eigenvalue weighted by molar-refractivity contribution is -0.140. The van der Waals surface area contributed by atoms with Gasteiger partial charge in [-0.15, -0.1) is 0 Å². The summed E-state index contributed by atoms with van der Waals surface area (Å²) in [5.41, 5.74) is 1.13. The van der Waals surface area contributed by atoms with Gasteiger partial charge >= 0.3 is 5.97 Å². The Labute approximate surface area is 102 Å². The molecule has 0 heterocycles. The van der Waals surface area contributed by atoms with E-state index in [4.69, 9.17) is 4.74 Å². The van der Waals surface area contributed by atoms with Gasteiger partial charge in [-0.25, -0.2) is 0 Å². The van der Waals surface area contributed by atoms with Crippen LogP contribution < -0.4 is 4.74 Å². The number of rotatable bonds is 6. The van der Waals surface area contributed by atoms with Gasteiger partial charge in [-0.2, -0.15) is 0 Å². The van der Waals surface area contributed by atoms with Gasteiger partial charge in [0.1, 0.15) is 5.75 Å². The minimum atomic E-state index is -0.150. The van der Waals surface area contributed by atoms with Crippen LogP contribution in [0.25, 0.3) is 6.08 Å². The van der Waals surface area contributed by atoms with E-state index in [2.05, 4.69) is 10.8 Å². The maximum atomic E-state index is 10.9. The molecule has 0 fully saturated rings. The third-order valence-electron chi connectivity index (χ3n) is 2.41. The first-order valence-corrected chi connectivity index (χ1v) is 5.63. The number of hydrogen-bond acceptors (Lipinski definition) is 3. The average Bonchev–Trinajstić information content (AvgIpc) is 2.38. The van der Waals surface area contributed by atoms with E-state index in [0.29, 0.717) is 6.42 Å². The van der Waals surface area contributed by atoms with Crippen molar-refractivity contribution >= 4 is 12.0 Å². The molecule has 1 rings (SSSR count). The highest BCUT2D eigenvalue weighted by atomic mass is 16.5. The van der Waals surface area contributed by atoms with Crippen LogP contribution in [0.2, 0.25) is 0 Å². The monoisotopic (exact) mass is 234 g/mol. The quantitative estimate of drug-likeness (QED) is 0.560. The van der Waals surface area contributed by atoms with E-state index in [1.54, 1.807) is 7.11 Å². The van der Waals surface area contributed by atoms with Gasteiger partial charge in [0.15, 0.2) is 0 Å². The van der Waals surface area contributed by atoms with Crippen LogP contribution >= 0.6 is 0 Å². The molecule has 0 bridgehead atoms. The van der Waals surface area contributed by atoms with Crippen molar-refractivity contribution in [3.8, 4) is 5.75 Å². The van der Waals surface area contributed by atoms with Crippen LogP contribution in [0.3, 0.4) is 0 Å². The maximum Gasteiger partial charge on any atom is 0.305 e. The Morgan fingerprint density at radius 1 is 1.24 bits per heavy atom. The van der Waals surface area contributed by atoms with Gasteiger partial charge in [0.2, 0.25) is 0 Å². The van der Waals surface area contributed by atoms with Crippen LogP contribution in [0.1, 0.15) is 24.8 Å². The summed E-state index contributed by atoms with van der Waals surface area (Å²) in [4.78, 5) is 10.9. The zero-order chi connectivity index (χ0) is 12.5. The first kappa shape index (κ1) is 13.3. The summed E-state index contributed by atoms with van der Waals surface area (Å²) in [6, 6.07) is 7.84. The van der Waals surface area contributed by atoms with Crippen LogP contribution in [-0.2, 0) is 9.53 Å². The predicted molar refractivity (Wildman–Crippen MR) is 67.9 cm³/mol. The van der Waals surface area contributed by atoms with E-state index in [1.165, 1.54) is 7.11 Å². The molecule has 0 saturated carbocycles. The van der Waals surface area contributed by atoms with E-state index in [1.807, 2.05) is 30.3 Å². The van der Waals surface area contributed by atoms with Gasteiger partial charge < -0.3 is 9.47 Å². The Morgan fingerprint density at radius 3 is 2.53 bits per heavy atom. The molecule has 3 nitrogen and oxygen atoms in total. The second kappa shape index (κ2) is 7.49. The van der Waals surface area contributed by atoms with Crippen LogP contribution in [0.15, 0.2) is 30.3 Å². The normalized spacial score (nSPS) is 10.5. The van der Waals surface area contributed by atoms with Crippen molar-refractivity contribution in [3.05, 3.63) is 35.9 Å². The van der Waals surface area contributed by atoms with E-state index in [9.17, 15) is 4.79 Å². The van der Waals surface area contributed by atoms with Crippen LogP contribution in [-0.4, -0.2) is 20.2 Å². The second-order valence-corrected chi connectivity index (χ2v) is 3.64. The van der Waals surface area contributed by atoms with E-state index in [-0.39, 0.29) is 5.97 Å². The summed E-state index contributed by atoms with van der Waals surface area (Å²) in [5, 5.41) is 0. The van der Waals surface area contributed by atoms with Crippen molar-refractivity contribution in [1.82, 2.24) is 0 Å². The van der Waals surface area contributed by atoms with Gasteiger partial charge in [-0.05, 0) is 30.5 Å². The predicted octanol–water partition coefficient (Wildman–Crippen LogP) is 3.05. The van der Waals surface area contributed by atoms with Crippen molar-refractivity contribution in [2.75, 3.05) is 14.2 Å². The number of ether oxygens (including phenoxy) is 2. The summed E-state index contributed by atoms with van der Waals surface area (Å²) in [6.45, 7) is 0. The topological polar surface area (TPSA) is 35.5 Å². The Balaban J connectivity index is 2.30. The molecule has 0 aromatic heterocycles. The lowest BCUT2D eigenvalue weighted by atomic mass is 10.1. The number of allylic oxidation sites excluding steroid dienone is 1. The Bertz CT molecular complexity index is 366. The summed E-state index contributed by atoms with van der Waals surface area (Å²) < 4.78 is 9.64. The van der Waals surface area contributed by atoms with Crippen molar-refractivity contribution in [1.29, 1.82) is 0 Å². The highest BCUT2D eigenvalue weighted by Gasteiger charge is 1.97. The standard InChI is InChI=1S/C14H18O3/c1-16-13-10-8-12(9-11-13)6-4-3-5-7-14(15)17-2/h4,6,8-11H,3,5,7H2,1-2H3. The molecule has 0 N–H and O–H groups in total. The SMILES string of the molecule is COC(=O)CCCC=Cc1ccc(OC)cc1. The molecule has 1 aromatic rings. The number of methoxy groups -OCH3 is 2. The smallest absolute Gasteiger partial charge is 0.305 e. The molecule has 0 aliphatic rings. The number of benzene rings is 1. The van der Waals surface area contributed by atoms with Gasteiger partial charge in [-0.3, -0.25) is 4.79 Å². The zero-order valence-corrected chi connectivity index (χ0v) is 10.3.